The lowest BCUT2D eigenvalue weighted by Gasteiger charge is -2.14. The molecule has 0 aliphatic heterocycles. The highest BCUT2D eigenvalue weighted by atomic mass is 16.5. The highest BCUT2D eigenvalue weighted by Gasteiger charge is 2.14. The van der Waals surface area contributed by atoms with Crippen LogP contribution >= 0.6 is 0 Å². The van der Waals surface area contributed by atoms with Gasteiger partial charge in [-0.25, -0.2) is 4.98 Å². The molecule has 1 heterocycles. The number of aliphatic hydroxyl groups is 1. The van der Waals surface area contributed by atoms with Gasteiger partial charge in [0.15, 0.2) is 0 Å². The quantitative estimate of drug-likeness (QED) is 0.775. The van der Waals surface area contributed by atoms with Gasteiger partial charge in [0.25, 0.3) is 0 Å². The number of aliphatic hydroxyl groups excluding tert-OH is 1. The van der Waals surface area contributed by atoms with E-state index >= 15 is 0 Å². The Bertz CT molecular complexity index is 779. The van der Waals surface area contributed by atoms with E-state index in [1.165, 1.54) is 0 Å². The molecule has 0 radical (unpaired) electrons. The van der Waals surface area contributed by atoms with Crippen molar-refractivity contribution in [1.82, 2.24) is 9.97 Å². The van der Waals surface area contributed by atoms with E-state index in [9.17, 15) is 5.11 Å². The monoisotopic (exact) mass is 282 g/mol. The zero-order chi connectivity index (χ0) is 15.0. The van der Waals surface area contributed by atoms with E-state index in [4.69, 9.17) is 4.74 Å². The molecule has 3 rings (SSSR count). The number of hydrogen-bond acceptors (Lipinski definition) is 3. The van der Waals surface area contributed by atoms with Crippen molar-refractivity contribution < 1.29 is 9.84 Å². The average Bonchev–Trinajstić information content (AvgIpc) is 3.00. The van der Waals surface area contributed by atoms with Gasteiger partial charge in [0, 0.05) is 6.20 Å². The molecule has 4 heteroatoms. The topological polar surface area (TPSA) is 58.1 Å². The third-order valence-electron chi connectivity index (χ3n) is 3.87. The Labute approximate surface area is 123 Å². The SMILES string of the molecule is COc1c(C)cc2cc(C(O)c3c[nH]cn3)ccc2c1C. The summed E-state index contributed by atoms with van der Waals surface area (Å²) in [5.74, 6) is 0.920. The second kappa shape index (κ2) is 5.22. The fourth-order valence-corrected chi connectivity index (χ4v) is 2.84. The summed E-state index contributed by atoms with van der Waals surface area (Å²) in [6, 6.07) is 8.05. The van der Waals surface area contributed by atoms with Crippen molar-refractivity contribution in [3.05, 3.63) is 59.2 Å². The van der Waals surface area contributed by atoms with E-state index in [0.717, 1.165) is 33.2 Å². The minimum Gasteiger partial charge on any atom is -0.496 e. The molecule has 0 amide bonds. The lowest BCUT2D eigenvalue weighted by atomic mass is 9.97. The molecule has 0 saturated carbocycles. The number of methoxy groups -OCH3 is 1. The summed E-state index contributed by atoms with van der Waals surface area (Å²) in [5, 5.41) is 12.6. The number of ether oxygens (including phenoxy) is 1. The van der Waals surface area contributed by atoms with E-state index < -0.39 is 6.10 Å². The lowest BCUT2D eigenvalue weighted by Crippen LogP contribution is -2.00. The predicted octanol–water partition coefficient (Wildman–Crippen LogP) is 3.27. The fraction of sp³-hybridized carbons (Fsp3) is 0.235. The summed E-state index contributed by atoms with van der Waals surface area (Å²) in [6.45, 7) is 4.08. The van der Waals surface area contributed by atoms with Crippen LogP contribution in [0.15, 0.2) is 36.8 Å². The molecule has 0 saturated heterocycles. The maximum atomic E-state index is 10.4. The molecule has 0 spiro atoms. The molecule has 2 N–H and O–H groups in total. The molecule has 4 nitrogen and oxygen atoms in total. The number of nitrogens with zero attached hydrogens (tertiary/aromatic N) is 1. The van der Waals surface area contributed by atoms with Gasteiger partial charge >= 0.3 is 0 Å². The molecular formula is C17H18N2O2. The summed E-state index contributed by atoms with van der Waals surface area (Å²) in [4.78, 5) is 6.97. The molecule has 1 aromatic heterocycles. The molecule has 0 aliphatic rings. The smallest absolute Gasteiger partial charge is 0.125 e. The lowest BCUT2D eigenvalue weighted by molar-refractivity contribution is 0.216. The Balaban J connectivity index is 2.13. The molecule has 1 unspecified atom stereocenters. The fourth-order valence-electron chi connectivity index (χ4n) is 2.84. The van der Waals surface area contributed by atoms with Crippen LogP contribution in [0.1, 0.15) is 28.5 Å². The number of fused-ring (bicyclic) bond motifs is 1. The second-order valence-electron chi connectivity index (χ2n) is 5.23. The number of aryl methyl sites for hydroxylation is 2. The van der Waals surface area contributed by atoms with Crippen LogP contribution in [-0.2, 0) is 0 Å². The Kier molecular flexibility index (Phi) is 3.39. The van der Waals surface area contributed by atoms with E-state index in [-0.39, 0.29) is 0 Å². The summed E-state index contributed by atoms with van der Waals surface area (Å²) in [6.07, 6.45) is 2.56. The molecule has 21 heavy (non-hydrogen) atoms. The third-order valence-corrected chi connectivity index (χ3v) is 3.87. The van der Waals surface area contributed by atoms with Gasteiger partial charge in [-0.05, 0) is 53.4 Å². The maximum absolute atomic E-state index is 10.4. The zero-order valence-corrected chi connectivity index (χ0v) is 12.3. The van der Waals surface area contributed by atoms with Crippen molar-refractivity contribution in [2.45, 2.75) is 20.0 Å². The van der Waals surface area contributed by atoms with Crippen molar-refractivity contribution in [3.8, 4) is 5.75 Å². The number of nitrogens with one attached hydrogen (secondary N) is 1. The zero-order valence-electron chi connectivity index (χ0n) is 12.3. The number of imidazole rings is 1. The van der Waals surface area contributed by atoms with Gasteiger partial charge in [-0.15, -0.1) is 0 Å². The summed E-state index contributed by atoms with van der Waals surface area (Å²) >= 11 is 0. The first-order valence-corrected chi connectivity index (χ1v) is 6.86. The Morgan fingerprint density at radius 3 is 2.71 bits per heavy atom. The summed E-state index contributed by atoms with van der Waals surface area (Å²) in [7, 11) is 1.69. The van der Waals surface area contributed by atoms with Crippen LogP contribution in [0.3, 0.4) is 0 Å². The predicted molar refractivity (Wildman–Crippen MR) is 82.6 cm³/mol. The van der Waals surface area contributed by atoms with E-state index in [0.29, 0.717) is 5.69 Å². The largest absolute Gasteiger partial charge is 0.496 e. The first-order chi connectivity index (χ1) is 10.1. The van der Waals surface area contributed by atoms with Crippen LogP contribution in [0.4, 0.5) is 0 Å². The Morgan fingerprint density at radius 1 is 1.24 bits per heavy atom. The van der Waals surface area contributed by atoms with Crippen LogP contribution in [0, 0.1) is 13.8 Å². The van der Waals surface area contributed by atoms with E-state index in [1.807, 2.05) is 25.1 Å². The first kappa shape index (κ1) is 13.6. The van der Waals surface area contributed by atoms with Crippen molar-refractivity contribution >= 4 is 10.8 Å². The van der Waals surface area contributed by atoms with Crippen molar-refractivity contribution in [1.29, 1.82) is 0 Å². The van der Waals surface area contributed by atoms with Crippen molar-refractivity contribution in [3.63, 3.8) is 0 Å². The van der Waals surface area contributed by atoms with E-state index in [1.54, 1.807) is 19.6 Å². The number of rotatable bonds is 3. The second-order valence-corrected chi connectivity index (χ2v) is 5.23. The molecule has 0 aliphatic carbocycles. The first-order valence-electron chi connectivity index (χ1n) is 6.86. The normalized spacial score (nSPS) is 12.6. The van der Waals surface area contributed by atoms with Gasteiger partial charge < -0.3 is 14.8 Å². The van der Waals surface area contributed by atoms with Crippen LogP contribution in [0.2, 0.25) is 0 Å². The Morgan fingerprint density at radius 2 is 2.05 bits per heavy atom. The van der Waals surface area contributed by atoms with Crippen molar-refractivity contribution in [2.24, 2.45) is 0 Å². The number of hydrogen-bond donors (Lipinski definition) is 2. The molecule has 0 fully saturated rings. The molecular weight excluding hydrogens is 264 g/mol. The molecule has 2 aromatic carbocycles. The number of benzene rings is 2. The summed E-state index contributed by atoms with van der Waals surface area (Å²) < 4.78 is 5.46. The minimum absolute atomic E-state index is 0.622. The van der Waals surface area contributed by atoms with Gasteiger partial charge in [-0.3, -0.25) is 0 Å². The molecule has 108 valence electrons. The maximum Gasteiger partial charge on any atom is 0.125 e. The van der Waals surface area contributed by atoms with E-state index in [2.05, 4.69) is 23.0 Å². The third kappa shape index (κ3) is 2.28. The standard InChI is InChI=1S/C17H18N2O2/c1-10-6-13-7-12(16(20)15-8-18-9-19-15)4-5-14(13)11(2)17(10)21-3/h4-9,16,20H,1-3H3,(H,18,19). The van der Waals surface area contributed by atoms with Crippen LogP contribution < -0.4 is 4.74 Å². The van der Waals surface area contributed by atoms with Crippen molar-refractivity contribution in [2.75, 3.05) is 7.11 Å². The van der Waals surface area contributed by atoms with Gasteiger partial charge in [-0.1, -0.05) is 12.1 Å². The van der Waals surface area contributed by atoms with Gasteiger partial charge in [0.05, 0.1) is 19.1 Å². The molecule has 3 aromatic rings. The van der Waals surface area contributed by atoms with Crippen LogP contribution in [-0.4, -0.2) is 22.2 Å². The Hall–Kier alpha value is -2.33. The summed E-state index contributed by atoms with van der Waals surface area (Å²) in [5.41, 5.74) is 3.66. The van der Waals surface area contributed by atoms with Crippen LogP contribution in [0.25, 0.3) is 10.8 Å². The number of aromatic nitrogens is 2. The van der Waals surface area contributed by atoms with Crippen LogP contribution in [0.5, 0.6) is 5.75 Å². The van der Waals surface area contributed by atoms with Gasteiger partial charge in [0.2, 0.25) is 0 Å². The highest BCUT2D eigenvalue weighted by molar-refractivity contribution is 5.89. The van der Waals surface area contributed by atoms with Gasteiger partial charge in [0.1, 0.15) is 11.9 Å². The molecule has 0 bridgehead atoms. The number of H-pyrrole nitrogens is 1. The van der Waals surface area contributed by atoms with Gasteiger partial charge in [-0.2, -0.15) is 0 Å². The highest BCUT2D eigenvalue weighted by Crippen LogP contribution is 2.33. The number of aromatic amines is 1. The molecule has 1 atom stereocenters. The average molecular weight is 282 g/mol. The minimum atomic E-state index is -0.719.